The SMILES string of the molecule is CC1(C)NC(c2ccccc2)=CC(=O)C1=C(c1ccc(Cl)cc1)c1ccc(Cl)cc1. The second-order valence-corrected chi connectivity index (χ2v) is 8.67. The summed E-state index contributed by atoms with van der Waals surface area (Å²) >= 11 is 12.2. The number of nitrogens with one attached hydrogen (secondary N) is 1. The van der Waals surface area contributed by atoms with Crippen molar-refractivity contribution in [3.8, 4) is 0 Å². The quantitative estimate of drug-likeness (QED) is 0.460. The predicted octanol–water partition coefficient (Wildman–Crippen LogP) is 6.79. The molecule has 0 saturated heterocycles. The first-order chi connectivity index (χ1) is 14.3. The Morgan fingerprint density at radius 2 is 1.27 bits per heavy atom. The van der Waals surface area contributed by atoms with Gasteiger partial charge in [0.05, 0.1) is 5.54 Å². The Morgan fingerprint density at radius 1 is 0.767 bits per heavy atom. The minimum absolute atomic E-state index is 0.0162. The molecule has 4 heteroatoms. The van der Waals surface area contributed by atoms with Crippen molar-refractivity contribution >= 4 is 40.3 Å². The highest BCUT2D eigenvalue weighted by Gasteiger charge is 2.36. The first-order valence-electron chi connectivity index (χ1n) is 9.71. The maximum absolute atomic E-state index is 13.5. The van der Waals surface area contributed by atoms with E-state index in [0.717, 1.165) is 28.0 Å². The number of rotatable bonds is 3. The molecular formula is C26H21Cl2NO. The molecule has 1 aliphatic rings. The molecule has 0 fully saturated rings. The van der Waals surface area contributed by atoms with Gasteiger partial charge in [0.2, 0.25) is 0 Å². The van der Waals surface area contributed by atoms with Crippen molar-refractivity contribution in [3.63, 3.8) is 0 Å². The molecule has 0 amide bonds. The topological polar surface area (TPSA) is 29.1 Å². The smallest absolute Gasteiger partial charge is 0.186 e. The van der Waals surface area contributed by atoms with Crippen molar-refractivity contribution in [1.82, 2.24) is 5.32 Å². The molecule has 1 heterocycles. The zero-order valence-electron chi connectivity index (χ0n) is 16.7. The highest BCUT2D eigenvalue weighted by Crippen LogP contribution is 2.37. The van der Waals surface area contributed by atoms with E-state index in [9.17, 15) is 4.79 Å². The molecule has 0 aromatic heterocycles. The number of carbonyl (C=O) groups is 1. The molecule has 1 aliphatic heterocycles. The minimum atomic E-state index is -0.592. The summed E-state index contributed by atoms with van der Waals surface area (Å²) in [4.78, 5) is 13.5. The summed E-state index contributed by atoms with van der Waals surface area (Å²) in [5, 5.41) is 4.86. The van der Waals surface area contributed by atoms with Gasteiger partial charge in [0, 0.05) is 27.4 Å². The van der Waals surface area contributed by atoms with Crippen LogP contribution in [0.3, 0.4) is 0 Å². The normalized spacial score (nSPS) is 15.4. The van der Waals surface area contributed by atoms with E-state index in [-0.39, 0.29) is 5.78 Å². The van der Waals surface area contributed by atoms with Crippen molar-refractivity contribution in [2.75, 3.05) is 0 Å². The summed E-state index contributed by atoms with van der Waals surface area (Å²) in [6, 6.07) is 25.0. The molecule has 0 spiro atoms. The molecule has 3 aromatic carbocycles. The molecule has 0 saturated carbocycles. The van der Waals surface area contributed by atoms with Crippen LogP contribution in [0.2, 0.25) is 10.0 Å². The van der Waals surface area contributed by atoms with E-state index in [1.165, 1.54) is 0 Å². The van der Waals surface area contributed by atoms with Crippen LogP contribution in [0.1, 0.15) is 30.5 Å². The summed E-state index contributed by atoms with van der Waals surface area (Å²) in [6.07, 6.45) is 1.68. The first-order valence-corrected chi connectivity index (χ1v) is 10.5. The van der Waals surface area contributed by atoms with Crippen LogP contribution in [0.25, 0.3) is 11.3 Å². The summed E-state index contributed by atoms with van der Waals surface area (Å²) in [5.41, 5.74) is 4.64. The van der Waals surface area contributed by atoms with E-state index in [4.69, 9.17) is 23.2 Å². The Hall–Kier alpha value is -2.81. The zero-order chi connectivity index (χ0) is 21.3. The van der Waals surface area contributed by atoms with Crippen LogP contribution in [0, 0.1) is 0 Å². The van der Waals surface area contributed by atoms with Crippen molar-refractivity contribution < 1.29 is 4.79 Å². The highest BCUT2D eigenvalue weighted by atomic mass is 35.5. The van der Waals surface area contributed by atoms with Gasteiger partial charge in [-0.15, -0.1) is 0 Å². The van der Waals surface area contributed by atoms with Crippen LogP contribution in [-0.4, -0.2) is 11.3 Å². The van der Waals surface area contributed by atoms with Crippen LogP contribution in [0.4, 0.5) is 0 Å². The van der Waals surface area contributed by atoms with Gasteiger partial charge in [0.1, 0.15) is 0 Å². The summed E-state index contributed by atoms with van der Waals surface area (Å²) in [7, 11) is 0. The minimum Gasteiger partial charge on any atom is -0.375 e. The monoisotopic (exact) mass is 433 g/mol. The van der Waals surface area contributed by atoms with Crippen LogP contribution < -0.4 is 5.32 Å². The molecule has 0 unspecified atom stereocenters. The van der Waals surface area contributed by atoms with Gasteiger partial charge in [0.25, 0.3) is 0 Å². The predicted molar refractivity (Wildman–Crippen MR) is 126 cm³/mol. The van der Waals surface area contributed by atoms with Crippen LogP contribution in [0.5, 0.6) is 0 Å². The van der Waals surface area contributed by atoms with Crippen LogP contribution in [0.15, 0.2) is 90.5 Å². The molecule has 4 rings (SSSR count). The Labute approximate surface area is 186 Å². The lowest BCUT2D eigenvalue weighted by atomic mass is 9.78. The third-order valence-corrected chi connectivity index (χ3v) is 5.70. The van der Waals surface area contributed by atoms with E-state index >= 15 is 0 Å². The molecule has 3 aromatic rings. The van der Waals surface area contributed by atoms with E-state index in [1.807, 2.05) is 92.7 Å². The standard InChI is InChI=1S/C26H21Cl2NO/c1-26(2)25(23(30)16-22(29-26)17-6-4-3-5-7-17)24(18-8-12-20(27)13-9-18)19-10-14-21(28)15-11-19/h3-16,29H,1-2H3. The number of ketones is 1. The summed E-state index contributed by atoms with van der Waals surface area (Å²) in [6.45, 7) is 4.06. The number of allylic oxidation sites excluding steroid dienone is 1. The lowest BCUT2D eigenvalue weighted by molar-refractivity contribution is -0.112. The molecule has 0 atom stereocenters. The second-order valence-electron chi connectivity index (χ2n) is 7.80. The zero-order valence-corrected chi connectivity index (χ0v) is 18.3. The van der Waals surface area contributed by atoms with Gasteiger partial charge in [0.15, 0.2) is 5.78 Å². The number of hydrogen-bond acceptors (Lipinski definition) is 2. The Bertz CT molecular complexity index is 1090. The van der Waals surface area contributed by atoms with Crippen molar-refractivity contribution in [3.05, 3.63) is 117 Å². The van der Waals surface area contributed by atoms with Crippen molar-refractivity contribution in [2.24, 2.45) is 0 Å². The fourth-order valence-electron chi connectivity index (χ4n) is 3.84. The Kier molecular flexibility index (Phi) is 5.55. The van der Waals surface area contributed by atoms with Crippen LogP contribution >= 0.6 is 23.2 Å². The van der Waals surface area contributed by atoms with E-state index in [0.29, 0.717) is 15.6 Å². The van der Waals surface area contributed by atoms with Crippen molar-refractivity contribution in [1.29, 1.82) is 0 Å². The largest absolute Gasteiger partial charge is 0.375 e. The van der Waals surface area contributed by atoms with E-state index in [1.54, 1.807) is 6.08 Å². The molecule has 0 radical (unpaired) electrons. The maximum Gasteiger partial charge on any atom is 0.186 e. The number of benzene rings is 3. The maximum atomic E-state index is 13.5. The van der Waals surface area contributed by atoms with Gasteiger partial charge in [-0.3, -0.25) is 4.79 Å². The van der Waals surface area contributed by atoms with Gasteiger partial charge in [-0.25, -0.2) is 0 Å². The van der Waals surface area contributed by atoms with Gasteiger partial charge in [-0.05, 0) is 60.4 Å². The fraction of sp³-hybridized carbons (Fsp3) is 0.115. The van der Waals surface area contributed by atoms with Gasteiger partial charge < -0.3 is 5.32 Å². The van der Waals surface area contributed by atoms with Crippen molar-refractivity contribution in [2.45, 2.75) is 19.4 Å². The molecular weight excluding hydrogens is 413 g/mol. The summed E-state index contributed by atoms with van der Waals surface area (Å²) in [5.74, 6) is -0.0162. The van der Waals surface area contributed by atoms with E-state index < -0.39 is 5.54 Å². The molecule has 0 aliphatic carbocycles. The number of hydrogen-bond donors (Lipinski definition) is 1. The average molecular weight is 434 g/mol. The van der Waals surface area contributed by atoms with Gasteiger partial charge in [-0.2, -0.15) is 0 Å². The van der Waals surface area contributed by atoms with Gasteiger partial charge in [-0.1, -0.05) is 77.8 Å². The lowest BCUT2D eigenvalue weighted by Crippen LogP contribution is -2.46. The molecule has 1 N–H and O–H groups in total. The Balaban J connectivity index is 1.94. The highest BCUT2D eigenvalue weighted by molar-refractivity contribution is 6.31. The fourth-order valence-corrected chi connectivity index (χ4v) is 4.10. The van der Waals surface area contributed by atoms with E-state index in [2.05, 4.69) is 5.32 Å². The first kappa shape index (κ1) is 20.5. The molecule has 2 nitrogen and oxygen atoms in total. The molecule has 0 bridgehead atoms. The number of carbonyl (C=O) groups excluding carboxylic acids is 1. The molecule has 30 heavy (non-hydrogen) atoms. The van der Waals surface area contributed by atoms with Gasteiger partial charge >= 0.3 is 0 Å². The third-order valence-electron chi connectivity index (χ3n) is 5.19. The molecule has 150 valence electrons. The summed E-state index contributed by atoms with van der Waals surface area (Å²) < 4.78 is 0. The Morgan fingerprint density at radius 3 is 1.73 bits per heavy atom. The lowest BCUT2D eigenvalue weighted by Gasteiger charge is -2.36. The third kappa shape index (κ3) is 4.07. The second kappa shape index (κ2) is 8.14. The average Bonchev–Trinajstić information content (AvgIpc) is 2.73. The number of halogens is 2. The van der Waals surface area contributed by atoms with Crippen LogP contribution in [-0.2, 0) is 4.79 Å².